The minimum Gasteiger partial charge on any atom is -0.591 e. The highest BCUT2D eigenvalue weighted by atomic mass is 32.2. The van der Waals surface area contributed by atoms with Crippen LogP contribution in [0.1, 0.15) is 33.3 Å². The van der Waals surface area contributed by atoms with Crippen LogP contribution < -0.4 is 4.74 Å². The number of aliphatic hydroxyl groups excluding tert-OH is 1. The molecule has 1 rings (SSSR count). The van der Waals surface area contributed by atoms with E-state index in [0.29, 0.717) is 22.2 Å². The van der Waals surface area contributed by atoms with Gasteiger partial charge in [0.1, 0.15) is 21.9 Å². The van der Waals surface area contributed by atoms with Gasteiger partial charge in [0.15, 0.2) is 0 Å². The van der Waals surface area contributed by atoms with Gasteiger partial charge in [-0.3, -0.25) is 0 Å². The van der Waals surface area contributed by atoms with Crippen LogP contribution in [0.3, 0.4) is 0 Å². The van der Waals surface area contributed by atoms with Gasteiger partial charge in [0.2, 0.25) is 0 Å². The zero-order chi connectivity index (χ0) is 15.3. The fourth-order valence-corrected chi connectivity index (χ4v) is 2.58. The van der Waals surface area contributed by atoms with Crippen LogP contribution in [0.25, 0.3) is 0 Å². The molecule has 0 bridgehead atoms. The molecular weight excluding hydrogens is 294 g/mol. The highest BCUT2D eigenvalue weighted by molar-refractivity contribution is 7.98. The largest absolute Gasteiger partial charge is 0.591 e. The molecule has 0 aromatic heterocycles. The first-order valence-corrected chi connectivity index (χ1v) is 8.12. The highest BCUT2D eigenvalue weighted by Gasteiger charge is 2.25. The Morgan fingerprint density at radius 3 is 2.60 bits per heavy atom. The molecule has 0 aliphatic heterocycles. The van der Waals surface area contributed by atoms with E-state index in [0.717, 1.165) is 10.5 Å². The number of hydrogen-bond acceptors (Lipinski definition) is 3. The van der Waals surface area contributed by atoms with Crippen molar-refractivity contribution in [1.29, 1.82) is 0 Å². The maximum atomic E-state index is 12.0. The van der Waals surface area contributed by atoms with Crippen molar-refractivity contribution in [2.75, 3.05) is 7.11 Å². The van der Waals surface area contributed by atoms with E-state index in [9.17, 15) is 9.66 Å². The highest BCUT2D eigenvalue weighted by Crippen LogP contribution is 2.23. The van der Waals surface area contributed by atoms with Crippen molar-refractivity contribution < 1.29 is 14.4 Å². The molecule has 1 aromatic carbocycles. The Balaban J connectivity index is 3.14. The SMILES string of the molecule is COc1ccc([SH]=C(C)O)c(/C=N/[S+]([O-])C(C)(C)C)c1. The lowest BCUT2D eigenvalue weighted by molar-refractivity contribution is 0.414. The van der Waals surface area contributed by atoms with Crippen molar-refractivity contribution in [3.8, 4) is 5.75 Å². The molecule has 1 unspecified atom stereocenters. The molecule has 0 saturated carbocycles. The van der Waals surface area contributed by atoms with Gasteiger partial charge >= 0.3 is 0 Å². The number of nitrogens with zero attached hydrogens (tertiary/aromatic N) is 1. The number of rotatable bonds is 4. The van der Waals surface area contributed by atoms with Gasteiger partial charge in [-0.1, -0.05) is 4.40 Å². The van der Waals surface area contributed by atoms with Gasteiger partial charge in [-0.15, -0.1) is 11.4 Å². The summed E-state index contributed by atoms with van der Waals surface area (Å²) in [6, 6.07) is 5.50. The fourth-order valence-electron chi connectivity index (χ4n) is 1.30. The lowest BCUT2D eigenvalue weighted by Gasteiger charge is -2.17. The van der Waals surface area contributed by atoms with E-state index < -0.39 is 16.1 Å². The normalized spacial score (nSPS) is 15.1. The quantitative estimate of drug-likeness (QED) is 0.388. The molecule has 0 heterocycles. The monoisotopic (exact) mass is 315 g/mol. The van der Waals surface area contributed by atoms with Crippen LogP contribution in [0.2, 0.25) is 0 Å². The second-order valence-electron chi connectivity index (χ2n) is 5.18. The molecule has 1 atom stereocenters. The van der Waals surface area contributed by atoms with Gasteiger partial charge < -0.3 is 14.4 Å². The molecular formula is C14H21NO3S2. The molecule has 1 N–H and O–H groups in total. The van der Waals surface area contributed by atoms with E-state index >= 15 is 0 Å². The number of ether oxygens (including phenoxy) is 1. The average Bonchev–Trinajstić information content (AvgIpc) is 2.35. The molecule has 0 spiro atoms. The standard InChI is InChI=1S/C14H21NO3S2/c1-10(16)19-13-7-6-12(18-5)8-11(13)9-15-20(17)14(2,3)4/h6-9,16,19H,1-5H3/b15-9+. The van der Waals surface area contributed by atoms with Gasteiger partial charge in [-0.25, -0.2) is 0 Å². The Hall–Kier alpha value is -0.820. The minimum atomic E-state index is -1.31. The van der Waals surface area contributed by atoms with Crippen LogP contribution in [0.15, 0.2) is 27.5 Å². The molecule has 20 heavy (non-hydrogen) atoms. The number of thiol groups is 1. The Labute approximate surface area is 127 Å². The predicted octanol–water partition coefficient (Wildman–Crippen LogP) is 3.11. The third-order valence-corrected chi connectivity index (χ3v) is 4.64. The maximum Gasteiger partial charge on any atom is 0.144 e. The average molecular weight is 315 g/mol. The van der Waals surface area contributed by atoms with Crippen LogP contribution in [0.5, 0.6) is 5.75 Å². The zero-order valence-corrected chi connectivity index (χ0v) is 14.1. The molecule has 0 radical (unpaired) electrons. The Bertz CT molecular complexity index is 518. The molecule has 0 fully saturated rings. The number of aliphatic hydroxyl groups is 1. The van der Waals surface area contributed by atoms with Crippen LogP contribution in [-0.4, -0.2) is 32.8 Å². The molecule has 0 amide bonds. The van der Waals surface area contributed by atoms with Crippen molar-refractivity contribution >= 4 is 34.0 Å². The predicted molar refractivity (Wildman–Crippen MR) is 89.0 cm³/mol. The smallest absolute Gasteiger partial charge is 0.144 e. The van der Waals surface area contributed by atoms with E-state index in [1.54, 1.807) is 20.2 Å². The van der Waals surface area contributed by atoms with Crippen LogP contribution in [-0.2, 0) is 11.4 Å². The fraction of sp³-hybridized carbons (Fsp3) is 0.429. The zero-order valence-electron chi connectivity index (χ0n) is 12.4. The Kier molecular flexibility index (Phi) is 6.26. The molecule has 1 aromatic rings. The third kappa shape index (κ3) is 5.28. The number of methoxy groups -OCH3 is 1. The second-order valence-corrected chi connectivity index (χ2v) is 8.47. The van der Waals surface area contributed by atoms with E-state index in [-0.39, 0.29) is 0 Å². The molecule has 4 nitrogen and oxygen atoms in total. The lowest BCUT2D eigenvalue weighted by Crippen LogP contribution is -2.25. The van der Waals surface area contributed by atoms with Crippen molar-refractivity contribution in [2.24, 2.45) is 4.40 Å². The summed E-state index contributed by atoms with van der Waals surface area (Å²) < 4.78 is 20.8. The third-order valence-electron chi connectivity index (χ3n) is 2.33. The van der Waals surface area contributed by atoms with E-state index in [4.69, 9.17) is 4.74 Å². The van der Waals surface area contributed by atoms with Crippen molar-refractivity contribution in [1.82, 2.24) is 0 Å². The van der Waals surface area contributed by atoms with Gasteiger partial charge in [0, 0.05) is 10.5 Å². The molecule has 112 valence electrons. The second kappa shape index (κ2) is 7.26. The van der Waals surface area contributed by atoms with Gasteiger partial charge in [-0.2, -0.15) is 0 Å². The number of hydrogen-bond donors (Lipinski definition) is 2. The van der Waals surface area contributed by atoms with Gasteiger partial charge in [0.25, 0.3) is 0 Å². The summed E-state index contributed by atoms with van der Waals surface area (Å²) in [6.45, 7) is 7.25. The first kappa shape index (κ1) is 17.2. The molecule has 0 saturated heterocycles. The Morgan fingerprint density at radius 1 is 1.45 bits per heavy atom. The maximum absolute atomic E-state index is 12.0. The number of benzene rings is 1. The van der Waals surface area contributed by atoms with Crippen LogP contribution in [0.4, 0.5) is 0 Å². The van der Waals surface area contributed by atoms with Crippen molar-refractivity contribution in [3.63, 3.8) is 0 Å². The van der Waals surface area contributed by atoms with Crippen molar-refractivity contribution in [3.05, 3.63) is 23.8 Å². The summed E-state index contributed by atoms with van der Waals surface area (Å²) in [5.41, 5.74) is 0.789. The summed E-state index contributed by atoms with van der Waals surface area (Å²) in [7, 11) is 1.59. The molecule has 0 aliphatic carbocycles. The van der Waals surface area contributed by atoms with E-state index in [1.165, 1.54) is 0 Å². The van der Waals surface area contributed by atoms with Crippen molar-refractivity contribution in [2.45, 2.75) is 37.3 Å². The lowest BCUT2D eigenvalue weighted by atomic mass is 10.2. The minimum absolute atomic E-state index is 0.293. The van der Waals surface area contributed by atoms with Gasteiger partial charge in [-0.05, 0) is 45.9 Å². The van der Waals surface area contributed by atoms with Gasteiger partial charge in [0.05, 0.1) is 18.4 Å². The summed E-state index contributed by atoms with van der Waals surface area (Å²) in [5, 5.41) is 9.73. The first-order chi connectivity index (χ1) is 9.24. The summed E-state index contributed by atoms with van der Waals surface area (Å²) in [4.78, 5) is 0.889. The van der Waals surface area contributed by atoms with Crippen LogP contribution >= 0.6 is 11.4 Å². The van der Waals surface area contributed by atoms with E-state index in [2.05, 4.69) is 4.40 Å². The topological polar surface area (TPSA) is 64.9 Å². The van der Waals surface area contributed by atoms with E-state index in [1.807, 2.05) is 39.0 Å². The summed E-state index contributed by atoms with van der Waals surface area (Å²) in [5.74, 6) is 0.697. The molecule has 6 heteroatoms. The molecule has 0 aliphatic rings. The first-order valence-electron chi connectivity index (χ1n) is 6.12. The Morgan fingerprint density at radius 2 is 2.10 bits per heavy atom. The summed E-state index contributed by atoms with van der Waals surface area (Å²) >= 11 is -0.609. The van der Waals surface area contributed by atoms with Crippen LogP contribution in [0, 0.1) is 0 Å². The summed E-state index contributed by atoms with van der Waals surface area (Å²) in [6.07, 6.45) is 1.58.